The molecule has 69 heavy (non-hydrogen) atoms. The lowest BCUT2D eigenvalue weighted by molar-refractivity contribution is -0.302. The summed E-state index contributed by atoms with van der Waals surface area (Å²) in [5.74, 6) is -0.249. The Labute approximate surface area is 420 Å². The summed E-state index contributed by atoms with van der Waals surface area (Å²) in [6.45, 7) is 4.02. The van der Waals surface area contributed by atoms with Crippen molar-refractivity contribution in [3.63, 3.8) is 0 Å². The van der Waals surface area contributed by atoms with Crippen molar-refractivity contribution in [3.8, 4) is 0 Å². The summed E-state index contributed by atoms with van der Waals surface area (Å²) in [7, 11) is 0. The van der Waals surface area contributed by atoms with E-state index in [0.29, 0.717) is 25.9 Å². The molecule has 400 valence electrons. The van der Waals surface area contributed by atoms with Crippen molar-refractivity contribution in [2.75, 3.05) is 19.8 Å². The number of amides is 1. The van der Waals surface area contributed by atoms with Gasteiger partial charge in [-0.15, -0.1) is 0 Å². The molecule has 0 aromatic rings. The Morgan fingerprint density at radius 2 is 1.04 bits per heavy atom. The average Bonchev–Trinajstić information content (AvgIpc) is 3.34. The van der Waals surface area contributed by atoms with E-state index < -0.39 is 49.5 Å². The molecule has 1 aliphatic heterocycles. The number of hydrogen-bond donors (Lipinski definition) is 6. The summed E-state index contributed by atoms with van der Waals surface area (Å²) in [6, 6.07) is -0.846. The molecule has 0 bridgehead atoms. The Bertz CT molecular complexity index is 1330. The van der Waals surface area contributed by atoms with Gasteiger partial charge in [-0.1, -0.05) is 190 Å². The Balaban J connectivity index is 2.09. The van der Waals surface area contributed by atoms with Gasteiger partial charge in [-0.2, -0.15) is 0 Å². The maximum absolute atomic E-state index is 13.0. The molecule has 6 N–H and O–H groups in total. The van der Waals surface area contributed by atoms with Crippen molar-refractivity contribution in [1.82, 2.24) is 5.32 Å². The Morgan fingerprint density at radius 3 is 1.59 bits per heavy atom. The van der Waals surface area contributed by atoms with Crippen LogP contribution in [0.25, 0.3) is 0 Å². The summed E-state index contributed by atoms with van der Waals surface area (Å²) in [5.41, 5.74) is 0. The molecule has 1 amide bonds. The number of aliphatic hydroxyl groups is 5. The van der Waals surface area contributed by atoms with Crippen LogP contribution in [-0.4, -0.2) is 100 Å². The summed E-state index contributed by atoms with van der Waals surface area (Å²) in [6.07, 6.45) is 50.6. The monoisotopic (exact) mass is 974 g/mol. The second-order valence-electron chi connectivity index (χ2n) is 19.3. The predicted molar refractivity (Wildman–Crippen MR) is 283 cm³/mol. The van der Waals surface area contributed by atoms with Gasteiger partial charge in [0.1, 0.15) is 24.4 Å². The number of allylic oxidation sites excluding steroid dienone is 9. The summed E-state index contributed by atoms with van der Waals surface area (Å²) in [4.78, 5) is 25.0. The van der Waals surface area contributed by atoms with Crippen LogP contribution in [0.3, 0.4) is 0 Å². The van der Waals surface area contributed by atoms with Gasteiger partial charge in [0.25, 0.3) is 0 Å². The number of esters is 1. The average molecular weight is 974 g/mol. The molecule has 11 nitrogen and oxygen atoms in total. The zero-order chi connectivity index (χ0) is 50.3. The van der Waals surface area contributed by atoms with Crippen LogP contribution in [0.15, 0.2) is 60.8 Å². The van der Waals surface area contributed by atoms with Crippen LogP contribution in [0.5, 0.6) is 0 Å². The molecule has 1 saturated heterocycles. The van der Waals surface area contributed by atoms with E-state index in [-0.39, 0.29) is 18.5 Å². The van der Waals surface area contributed by atoms with E-state index in [1.165, 1.54) is 103 Å². The van der Waals surface area contributed by atoms with Crippen molar-refractivity contribution in [1.29, 1.82) is 0 Å². The van der Waals surface area contributed by atoms with Gasteiger partial charge in [-0.25, -0.2) is 0 Å². The first kappa shape index (κ1) is 64.4. The van der Waals surface area contributed by atoms with Crippen molar-refractivity contribution in [2.24, 2.45) is 0 Å². The molecule has 0 aromatic heterocycles. The maximum Gasteiger partial charge on any atom is 0.305 e. The zero-order valence-corrected chi connectivity index (χ0v) is 43.8. The van der Waals surface area contributed by atoms with Crippen molar-refractivity contribution >= 4 is 11.9 Å². The fourth-order valence-corrected chi connectivity index (χ4v) is 8.44. The first-order valence-corrected chi connectivity index (χ1v) is 28.0. The van der Waals surface area contributed by atoms with Crippen LogP contribution in [0.4, 0.5) is 0 Å². The molecule has 1 aliphatic rings. The van der Waals surface area contributed by atoms with E-state index in [2.05, 4.69) is 54.8 Å². The van der Waals surface area contributed by atoms with E-state index in [9.17, 15) is 35.1 Å². The van der Waals surface area contributed by atoms with Gasteiger partial charge in [0, 0.05) is 12.8 Å². The van der Waals surface area contributed by atoms with Gasteiger partial charge in [0.05, 0.1) is 32.0 Å². The molecule has 1 heterocycles. The molecule has 1 rings (SSSR count). The molecule has 0 saturated carbocycles. The molecule has 0 aliphatic carbocycles. The highest BCUT2D eigenvalue weighted by atomic mass is 16.7. The summed E-state index contributed by atoms with van der Waals surface area (Å²) < 4.78 is 16.6. The number of rotatable bonds is 47. The number of hydrogen-bond acceptors (Lipinski definition) is 10. The Hall–Kier alpha value is -2.64. The van der Waals surface area contributed by atoms with Crippen LogP contribution in [0.1, 0.15) is 232 Å². The lowest BCUT2D eigenvalue weighted by atomic mass is 9.99. The minimum absolute atomic E-state index is 0.0318. The Morgan fingerprint density at radius 1 is 0.565 bits per heavy atom. The lowest BCUT2D eigenvalue weighted by Crippen LogP contribution is -2.60. The van der Waals surface area contributed by atoms with Crippen LogP contribution in [-0.2, 0) is 23.8 Å². The SMILES string of the molecule is C/C=C/CC/C=C/CC/C=C/C(O)C(COC1OC(CO)C(O)C(O)C1O)NC(=O)CCCCCCCCC/C=C\C/C=C\CCCCCOC(=O)CCCCCCCCCCCCCCCCC. The van der Waals surface area contributed by atoms with Gasteiger partial charge < -0.3 is 45.1 Å². The molecule has 0 aromatic carbocycles. The lowest BCUT2D eigenvalue weighted by Gasteiger charge is -2.40. The highest BCUT2D eigenvalue weighted by Gasteiger charge is 2.44. The molecule has 11 heteroatoms. The van der Waals surface area contributed by atoms with E-state index in [0.717, 1.165) is 96.3 Å². The topological polar surface area (TPSA) is 175 Å². The van der Waals surface area contributed by atoms with Gasteiger partial charge >= 0.3 is 5.97 Å². The van der Waals surface area contributed by atoms with Crippen LogP contribution in [0.2, 0.25) is 0 Å². The molecule has 0 spiro atoms. The van der Waals surface area contributed by atoms with E-state index in [4.69, 9.17) is 14.2 Å². The standard InChI is InChI=1S/C58H103NO10/c1-3-5-7-9-11-13-14-15-19-23-26-30-34-38-42-46-54(63)67-47-43-39-35-31-27-24-21-18-16-17-20-22-25-29-33-37-41-45-53(62)59-50(51(61)44-40-36-32-28-12-10-8-6-4-2)49-68-58-57(66)56(65)55(64)52(48-60)69-58/h4,6,12,16,18,24,27-28,40,44,50-52,55-58,60-61,64-66H,3,5,7-11,13-15,17,19-23,25-26,29-39,41-43,45-49H2,1-2H3,(H,59,62)/b6-4+,18-16-,27-24-,28-12+,44-40+. The second-order valence-corrected chi connectivity index (χ2v) is 19.3. The Kier molecular flexibility index (Phi) is 44.5. The first-order chi connectivity index (χ1) is 33.7. The van der Waals surface area contributed by atoms with Crippen LogP contribution >= 0.6 is 0 Å². The van der Waals surface area contributed by atoms with E-state index in [1.807, 2.05) is 19.1 Å². The van der Waals surface area contributed by atoms with E-state index in [1.54, 1.807) is 6.08 Å². The number of carbonyl (C=O) groups is 2. The molecule has 1 fully saturated rings. The third-order valence-electron chi connectivity index (χ3n) is 12.9. The second kappa shape index (κ2) is 47.7. The fraction of sp³-hybridized carbons (Fsp3) is 0.793. The smallest absolute Gasteiger partial charge is 0.305 e. The third kappa shape index (κ3) is 37.8. The quantitative estimate of drug-likeness (QED) is 0.0196. The van der Waals surface area contributed by atoms with Crippen molar-refractivity contribution in [3.05, 3.63) is 60.8 Å². The minimum atomic E-state index is -1.59. The van der Waals surface area contributed by atoms with Crippen LogP contribution < -0.4 is 5.32 Å². The van der Waals surface area contributed by atoms with Crippen molar-refractivity contribution in [2.45, 2.75) is 275 Å². The number of carbonyl (C=O) groups excluding carboxylic acids is 2. The van der Waals surface area contributed by atoms with Gasteiger partial charge in [0.15, 0.2) is 6.29 Å². The fourth-order valence-electron chi connectivity index (χ4n) is 8.44. The highest BCUT2D eigenvalue weighted by molar-refractivity contribution is 5.76. The number of ether oxygens (including phenoxy) is 3. The summed E-state index contributed by atoms with van der Waals surface area (Å²) >= 11 is 0. The first-order valence-electron chi connectivity index (χ1n) is 28.0. The predicted octanol–water partition coefficient (Wildman–Crippen LogP) is 12.3. The molecule has 7 atom stereocenters. The minimum Gasteiger partial charge on any atom is -0.466 e. The largest absolute Gasteiger partial charge is 0.466 e. The normalized spacial score (nSPS) is 19.8. The van der Waals surface area contributed by atoms with Gasteiger partial charge in [-0.3, -0.25) is 9.59 Å². The molecular formula is C58H103NO10. The van der Waals surface area contributed by atoms with Crippen LogP contribution in [0, 0.1) is 0 Å². The van der Waals surface area contributed by atoms with Crippen molar-refractivity contribution < 1.29 is 49.3 Å². The van der Waals surface area contributed by atoms with E-state index >= 15 is 0 Å². The van der Waals surface area contributed by atoms with Gasteiger partial charge in [-0.05, 0) is 90.4 Å². The highest BCUT2D eigenvalue weighted by Crippen LogP contribution is 2.23. The maximum atomic E-state index is 13.0. The van der Waals surface area contributed by atoms with Gasteiger partial charge in [0.2, 0.25) is 5.91 Å². The number of nitrogens with one attached hydrogen (secondary N) is 1. The number of unbranched alkanes of at least 4 members (excludes halogenated alkanes) is 26. The number of aliphatic hydroxyl groups excluding tert-OH is 5. The molecule has 7 unspecified atom stereocenters. The molecule has 0 radical (unpaired) electrons. The summed E-state index contributed by atoms with van der Waals surface area (Å²) in [5, 5.41) is 54.1. The zero-order valence-electron chi connectivity index (χ0n) is 43.8. The third-order valence-corrected chi connectivity index (χ3v) is 12.9. The molecular weight excluding hydrogens is 871 g/mol.